The number of aldehydes is 1. The topological polar surface area (TPSA) is 34.1 Å². The summed E-state index contributed by atoms with van der Waals surface area (Å²) in [7, 11) is -1.42. The normalized spacial score (nSPS) is 33.4. The molecule has 0 unspecified atom stereocenters. The second kappa shape index (κ2) is 3.61. The standard InChI is InChI=1S/C11H20O2Si/c1-5-11(8-12)7-6-9(10(11)13)14(2,3)4/h8-9H,5-7H2,1-4H3/t9-,11-/m0/s1. The molecule has 0 N–H and O–H groups in total. The van der Waals surface area contributed by atoms with Gasteiger partial charge in [0.2, 0.25) is 0 Å². The van der Waals surface area contributed by atoms with Crippen molar-refractivity contribution in [2.75, 3.05) is 0 Å². The second-order valence-corrected chi connectivity index (χ2v) is 10.9. The van der Waals surface area contributed by atoms with E-state index in [1.165, 1.54) is 0 Å². The van der Waals surface area contributed by atoms with Crippen LogP contribution < -0.4 is 0 Å². The van der Waals surface area contributed by atoms with Gasteiger partial charge >= 0.3 is 0 Å². The molecule has 80 valence electrons. The summed E-state index contributed by atoms with van der Waals surface area (Å²) in [6.07, 6.45) is 3.29. The predicted molar refractivity (Wildman–Crippen MR) is 60.1 cm³/mol. The molecule has 3 heteroatoms. The van der Waals surface area contributed by atoms with E-state index >= 15 is 0 Å². The molecule has 2 nitrogen and oxygen atoms in total. The van der Waals surface area contributed by atoms with Crippen LogP contribution in [-0.4, -0.2) is 20.1 Å². The Morgan fingerprint density at radius 2 is 2.07 bits per heavy atom. The van der Waals surface area contributed by atoms with Gasteiger partial charge in [0.1, 0.15) is 12.1 Å². The Labute approximate surface area is 87.1 Å². The number of carbonyl (C=O) groups excluding carboxylic acids is 2. The minimum atomic E-state index is -1.42. The molecule has 0 amide bonds. The molecule has 2 atom stereocenters. The van der Waals surface area contributed by atoms with Gasteiger partial charge < -0.3 is 4.79 Å². The minimum absolute atomic E-state index is 0.202. The van der Waals surface area contributed by atoms with Crippen molar-refractivity contribution in [3.05, 3.63) is 0 Å². The molecule has 0 saturated heterocycles. The molecule has 0 spiro atoms. The van der Waals surface area contributed by atoms with Gasteiger partial charge in [0.25, 0.3) is 0 Å². The zero-order valence-electron chi connectivity index (χ0n) is 9.59. The fourth-order valence-electron chi connectivity index (χ4n) is 2.38. The quantitative estimate of drug-likeness (QED) is 0.409. The molecule has 0 aromatic carbocycles. The molecule has 0 radical (unpaired) electrons. The summed E-state index contributed by atoms with van der Waals surface area (Å²) < 4.78 is 0. The Kier molecular flexibility index (Phi) is 3.00. The lowest BCUT2D eigenvalue weighted by Gasteiger charge is -2.25. The Hall–Kier alpha value is -0.443. The van der Waals surface area contributed by atoms with Crippen LogP contribution in [0.5, 0.6) is 0 Å². The summed E-state index contributed by atoms with van der Waals surface area (Å²) in [5, 5.41) is 0. The maximum Gasteiger partial charge on any atom is 0.146 e. The minimum Gasteiger partial charge on any atom is -0.302 e. The van der Waals surface area contributed by atoms with Gasteiger partial charge in [-0.2, -0.15) is 0 Å². The largest absolute Gasteiger partial charge is 0.302 e. The Morgan fingerprint density at radius 3 is 2.29 bits per heavy atom. The third-order valence-electron chi connectivity index (χ3n) is 3.59. The highest BCUT2D eigenvalue weighted by atomic mass is 28.3. The summed E-state index contributed by atoms with van der Waals surface area (Å²) in [6, 6.07) is 0. The van der Waals surface area contributed by atoms with Crippen molar-refractivity contribution in [1.82, 2.24) is 0 Å². The van der Waals surface area contributed by atoms with Crippen LogP contribution >= 0.6 is 0 Å². The summed E-state index contributed by atoms with van der Waals surface area (Å²) in [5.74, 6) is 0.231. The van der Waals surface area contributed by atoms with Crippen molar-refractivity contribution in [3.8, 4) is 0 Å². The van der Waals surface area contributed by atoms with E-state index in [2.05, 4.69) is 19.6 Å². The van der Waals surface area contributed by atoms with E-state index in [1.807, 2.05) is 6.92 Å². The molecule has 1 fully saturated rings. The molecule has 0 heterocycles. The molecule has 1 rings (SSSR count). The van der Waals surface area contributed by atoms with Crippen LogP contribution in [0.3, 0.4) is 0 Å². The first-order valence-electron chi connectivity index (χ1n) is 5.38. The van der Waals surface area contributed by atoms with E-state index < -0.39 is 13.5 Å². The summed E-state index contributed by atoms with van der Waals surface area (Å²) in [5.41, 5.74) is -0.419. The SMILES string of the molecule is CC[C@@]1(C=O)CC[C@H]([Si](C)(C)C)C1=O. The fraction of sp³-hybridized carbons (Fsp3) is 0.818. The van der Waals surface area contributed by atoms with Gasteiger partial charge in [-0.15, -0.1) is 0 Å². The first-order valence-corrected chi connectivity index (χ1v) is 8.96. The van der Waals surface area contributed by atoms with E-state index in [-0.39, 0.29) is 11.3 Å². The fourth-order valence-corrected chi connectivity index (χ4v) is 4.47. The Bertz CT molecular complexity index is 255. The van der Waals surface area contributed by atoms with Crippen LogP contribution in [0.2, 0.25) is 25.2 Å². The lowest BCUT2D eigenvalue weighted by Crippen LogP contribution is -2.36. The van der Waals surface area contributed by atoms with Gasteiger partial charge in [-0.05, 0) is 19.3 Å². The average Bonchev–Trinajstić information content (AvgIpc) is 2.42. The molecule has 1 aliphatic carbocycles. The van der Waals surface area contributed by atoms with E-state index in [0.29, 0.717) is 6.42 Å². The first kappa shape index (κ1) is 11.6. The molecule has 14 heavy (non-hydrogen) atoms. The molecule has 0 aliphatic heterocycles. The number of hydrogen-bond donors (Lipinski definition) is 0. The predicted octanol–water partition coefficient (Wildman–Crippen LogP) is 2.65. The first-order chi connectivity index (χ1) is 6.37. The highest BCUT2D eigenvalue weighted by Gasteiger charge is 2.50. The van der Waals surface area contributed by atoms with E-state index in [0.717, 1.165) is 19.1 Å². The van der Waals surface area contributed by atoms with Crippen LogP contribution in [0, 0.1) is 5.41 Å². The Morgan fingerprint density at radius 1 is 1.50 bits per heavy atom. The lowest BCUT2D eigenvalue weighted by molar-refractivity contribution is -0.132. The average molecular weight is 212 g/mol. The van der Waals surface area contributed by atoms with Crippen LogP contribution in [-0.2, 0) is 9.59 Å². The summed E-state index contributed by atoms with van der Waals surface area (Å²) in [6.45, 7) is 8.59. The van der Waals surface area contributed by atoms with Crippen molar-refractivity contribution in [3.63, 3.8) is 0 Å². The summed E-state index contributed by atoms with van der Waals surface area (Å²) in [4.78, 5) is 23.2. The van der Waals surface area contributed by atoms with Gasteiger partial charge in [-0.3, -0.25) is 4.79 Å². The molecule has 1 aliphatic rings. The third kappa shape index (κ3) is 1.70. The Balaban J connectivity index is 2.94. The van der Waals surface area contributed by atoms with Crippen molar-refractivity contribution >= 4 is 20.1 Å². The van der Waals surface area contributed by atoms with E-state index in [1.54, 1.807) is 0 Å². The molecular formula is C11H20O2Si. The van der Waals surface area contributed by atoms with Crippen LogP contribution in [0.1, 0.15) is 26.2 Å². The van der Waals surface area contributed by atoms with Crippen LogP contribution in [0.15, 0.2) is 0 Å². The van der Waals surface area contributed by atoms with Gasteiger partial charge in [0, 0.05) is 5.54 Å². The van der Waals surface area contributed by atoms with Gasteiger partial charge in [0.15, 0.2) is 0 Å². The van der Waals surface area contributed by atoms with Crippen LogP contribution in [0.25, 0.3) is 0 Å². The molecule has 1 saturated carbocycles. The number of Topliss-reactive ketones (excluding diaryl/α,β-unsaturated/α-hetero) is 1. The number of hydrogen-bond acceptors (Lipinski definition) is 2. The molecule has 0 aromatic rings. The van der Waals surface area contributed by atoms with Crippen molar-refractivity contribution < 1.29 is 9.59 Å². The summed E-state index contributed by atoms with van der Waals surface area (Å²) >= 11 is 0. The zero-order chi connectivity index (χ0) is 11.0. The highest BCUT2D eigenvalue weighted by Crippen LogP contribution is 2.46. The van der Waals surface area contributed by atoms with Gasteiger partial charge in [0.05, 0.1) is 13.5 Å². The molecular weight excluding hydrogens is 192 g/mol. The second-order valence-electron chi connectivity index (χ2n) is 5.45. The monoisotopic (exact) mass is 212 g/mol. The van der Waals surface area contributed by atoms with E-state index in [9.17, 15) is 9.59 Å². The number of rotatable bonds is 3. The lowest BCUT2D eigenvalue weighted by atomic mass is 9.84. The third-order valence-corrected chi connectivity index (χ3v) is 6.23. The van der Waals surface area contributed by atoms with Crippen molar-refractivity contribution in [2.45, 2.75) is 51.4 Å². The van der Waals surface area contributed by atoms with E-state index in [4.69, 9.17) is 0 Å². The van der Waals surface area contributed by atoms with Crippen molar-refractivity contribution in [1.29, 1.82) is 0 Å². The zero-order valence-corrected chi connectivity index (χ0v) is 10.6. The number of ketones is 1. The van der Waals surface area contributed by atoms with Crippen LogP contribution in [0.4, 0.5) is 0 Å². The highest BCUT2D eigenvalue weighted by molar-refractivity contribution is 6.81. The maximum absolute atomic E-state index is 12.1. The molecule has 0 bridgehead atoms. The van der Waals surface area contributed by atoms with Gasteiger partial charge in [-0.1, -0.05) is 26.6 Å². The number of carbonyl (C=O) groups is 2. The molecule has 0 aromatic heterocycles. The maximum atomic E-state index is 12.1. The van der Waals surface area contributed by atoms with Gasteiger partial charge in [-0.25, -0.2) is 0 Å². The van der Waals surface area contributed by atoms with Crippen molar-refractivity contribution in [2.24, 2.45) is 5.41 Å². The smallest absolute Gasteiger partial charge is 0.146 e.